The largest absolute Gasteiger partial charge is 0.493 e. The van der Waals surface area contributed by atoms with E-state index in [1.165, 1.54) is 5.01 Å². The Bertz CT molecular complexity index is 1440. The van der Waals surface area contributed by atoms with E-state index in [2.05, 4.69) is 17.1 Å². The Morgan fingerprint density at radius 2 is 1.52 bits per heavy atom. The molecule has 0 bridgehead atoms. The highest BCUT2D eigenvalue weighted by Crippen LogP contribution is 2.38. The van der Waals surface area contributed by atoms with E-state index in [0.717, 1.165) is 17.7 Å². The number of allylic oxidation sites excluding steroid dienone is 2. The van der Waals surface area contributed by atoms with Crippen LogP contribution in [0.25, 0.3) is 0 Å². The molecule has 44 heavy (non-hydrogen) atoms. The van der Waals surface area contributed by atoms with Crippen molar-refractivity contribution < 1.29 is 28.6 Å². The quantitative estimate of drug-likeness (QED) is 0.450. The van der Waals surface area contributed by atoms with Crippen molar-refractivity contribution in [1.82, 2.24) is 14.7 Å². The van der Waals surface area contributed by atoms with Gasteiger partial charge in [-0.05, 0) is 55.3 Å². The fourth-order valence-corrected chi connectivity index (χ4v) is 6.37. The number of anilines is 1. The molecule has 0 aromatic heterocycles. The van der Waals surface area contributed by atoms with E-state index in [-0.39, 0.29) is 29.6 Å². The van der Waals surface area contributed by atoms with Crippen LogP contribution < -0.4 is 14.5 Å². The number of morpholine rings is 1. The summed E-state index contributed by atoms with van der Waals surface area (Å²) >= 11 is 0. The lowest BCUT2D eigenvalue weighted by Crippen LogP contribution is -2.52. The summed E-state index contributed by atoms with van der Waals surface area (Å²) in [5.74, 6) is 0.968. The smallest absolute Gasteiger partial charge is 0.253 e. The van der Waals surface area contributed by atoms with Gasteiger partial charge in [-0.1, -0.05) is 12.2 Å². The number of rotatable bonds is 7. The van der Waals surface area contributed by atoms with E-state index in [1.807, 2.05) is 28.0 Å². The summed E-state index contributed by atoms with van der Waals surface area (Å²) in [7, 11) is 3.20. The van der Waals surface area contributed by atoms with Crippen molar-refractivity contribution in [3.8, 4) is 11.5 Å². The molecule has 3 amide bonds. The van der Waals surface area contributed by atoms with Gasteiger partial charge >= 0.3 is 0 Å². The Morgan fingerprint density at radius 1 is 0.841 bits per heavy atom. The molecule has 1 aliphatic carbocycles. The number of hydrogen-bond donors (Lipinski definition) is 0. The SMILES string of the molecule is COc1ccc(C2=NN(c3ccc(C(=O)N4CCN(CC(=O)N5CCOCC5)CC4)cc3)C(=O)[C@@H]3CC=CC[C@H]23)cc1OC. The maximum absolute atomic E-state index is 13.7. The maximum Gasteiger partial charge on any atom is 0.253 e. The van der Waals surface area contributed by atoms with Gasteiger partial charge < -0.3 is 24.0 Å². The first-order valence-electron chi connectivity index (χ1n) is 15.2. The van der Waals surface area contributed by atoms with E-state index in [4.69, 9.17) is 19.3 Å². The monoisotopic (exact) mass is 601 g/mol. The normalized spacial score (nSPS) is 22.4. The lowest BCUT2D eigenvalue weighted by atomic mass is 9.76. The van der Waals surface area contributed by atoms with Crippen LogP contribution in [-0.2, 0) is 14.3 Å². The number of hydrazone groups is 1. The summed E-state index contributed by atoms with van der Waals surface area (Å²) in [6, 6.07) is 12.8. The summed E-state index contributed by atoms with van der Waals surface area (Å²) in [6.07, 6.45) is 5.56. The number of carbonyl (C=O) groups excluding carboxylic acids is 3. The molecule has 3 heterocycles. The standard InChI is InChI=1S/C33H39N5O6/c1-42-28-12-9-24(21-29(28)43-2)31-26-5-3-4-6-27(26)33(41)38(34-31)25-10-7-23(8-11-25)32(40)37-15-13-35(14-16-37)22-30(39)36-17-19-44-20-18-36/h3-4,7-12,21,26-27H,5-6,13-20,22H2,1-2H3/t26-,27+/m0/s1. The number of hydrogen-bond acceptors (Lipinski definition) is 8. The molecule has 11 heteroatoms. The van der Waals surface area contributed by atoms with E-state index < -0.39 is 0 Å². The Kier molecular flexibility index (Phi) is 8.94. The Morgan fingerprint density at radius 3 is 2.20 bits per heavy atom. The molecule has 0 radical (unpaired) electrons. The third-order valence-corrected chi connectivity index (χ3v) is 8.94. The molecule has 0 saturated carbocycles. The predicted octanol–water partition coefficient (Wildman–Crippen LogP) is 2.65. The fraction of sp³-hybridized carbons (Fsp3) is 0.455. The van der Waals surface area contributed by atoms with Gasteiger partial charge in [-0.25, -0.2) is 5.01 Å². The molecule has 0 N–H and O–H groups in total. The van der Waals surface area contributed by atoms with Gasteiger partial charge in [-0.15, -0.1) is 0 Å². The van der Waals surface area contributed by atoms with Gasteiger partial charge in [0.25, 0.3) is 11.8 Å². The number of piperazine rings is 1. The molecule has 232 valence electrons. The number of methoxy groups -OCH3 is 2. The molecule has 2 aromatic carbocycles. The molecular weight excluding hydrogens is 562 g/mol. The van der Waals surface area contributed by atoms with Crippen LogP contribution in [0, 0.1) is 11.8 Å². The molecule has 0 spiro atoms. The summed E-state index contributed by atoms with van der Waals surface area (Å²) in [4.78, 5) is 45.4. The number of ether oxygens (including phenoxy) is 3. The fourth-order valence-electron chi connectivity index (χ4n) is 6.37. The average Bonchev–Trinajstić information content (AvgIpc) is 3.09. The van der Waals surface area contributed by atoms with Crippen LogP contribution in [0.15, 0.2) is 59.7 Å². The molecule has 2 aromatic rings. The van der Waals surface area contributed by atoms with Gasteiger partial charge in [-0.2, -0.15) is 5.10 Å². The van der Waals surface area contributed by atoms with Gasteiger partial charge in [-0.3, -0.25) is 19.3 Å². The van der Waals surface area contributed by atoms with Crippen LogP contribution in [0.1, 0.15) is 28.8 Å². The second-order valence-corrected chi connectivity index (χ2v) is 11.5. The minimum absolute atomic E-state index is 0.0365. The molecule has 2 fully saturated rings. The van der Waals surface area contributed by atoms with Crippen molar-refractivity contribution in [3.05, 3.63) is 65.7 Å². The predicted molar refractivity (Wildman–Crippen MR) is 165 cm³/mol. The topological polar surface area (TPSA) is 104 Å². The van der Waals surface area contributed by atoms with Gasteiger partial charge in [0.15, 0.2) is 11.5 Å². The third kappa shape index (κ3) is 6.07. The highest BCUT2D eigenvalue weighted by Gasteiger charge is 2.41. The third-order valence-electron chi connectivity index (χ3n) is 8.94. The van der Waals surface area contributed by atoms with E-state index in [9.17, 15) is 14.4 Å². The second kappa shape index (κ2) is 13.2. The highest BCUT2D eigenvalue weighted by atomic mass is 16.5. The first-order valence-corrected chi connectivity index (χ1v) is 15.2. The van der Waals surface area contributed by atoms with E-state index in [1.54, 1.807) is 38.5 Å². The summed E-state index contributed by atoms with van der Waals surface area (Å²) in [5.41, 5.74) is 2.87. The number of amides is 3. The zero-order chi connectivity index (χ0) is 30.6. The van der Waals surface area contributed by atoms with Crippen molar-refractivity contribution in [2.24, 2.45) is 16.9 Å². The van der Waals surface area contributed by atoms with Gasteiger partial charge in [0.2, 0.25) is 5.91 Å². The summed E-state index contributed by atoms with van der Waals surface area (Å²) < 4.78 is 16.3. The van der Waals surface area contributed by atoms with Crippen molar-refractivity contribution in [3.63, 3.8) is 0 Å². The first kappa shape index (κ1) is 29.8. The van der Waals surface area contributed by atoms with Crippen LogP contribution in [-0.4, -0.2) is 111 Å². The van der Waals surface area contributed by atoms with Crippen LogP contribution >= 0.6 is 0 Å². The lowest BCUT2D eigenvalue weighted by Gasteiger charge is -2.37. The van der Waals surface area contributed by atoms with Crippen molar-refractivity contribution in [2.75, 3.05) is 78.3 Å². The zero-order valence-corrected chi connectivity index (χ0v) is 25.3. The maximum atomic E-state index is 13.7. The minimum atomic E-state index is -0.228. The number of benzene rings is 2. The molecule has 11 nitrogen and oxygen atoms in total. The average molecular weight is 602 g/mol. The van der Waals surface area contributed by atoms with Gasteiger partial charge in [0.05, 0.1) is 51.3 Å². The molecule has 3 aliphatic heterocycles. The van der Waals surface area contributed by atoms with Crippen LogP contribution in [0.4, 0.5) is 5.69 Å². The molecule has 6 rings (SSSR count). The zero-order valence-electron chi connectivity index (χ0n) is 25.3. The molecular formula is C33H39N5O6. The first-order chi connectivity index (χ1) is 21.5. The molecule has 0 unspecified atom stereocenters. The number of fused-ring (bicyclic) bond motifs is 1. The molecule has 4 aliphatic rings. The van der Waals surface area contributed by atoms with Crippen molar-refractivity contribution in [2.45, 2.75) is 12.8 Å². The van der Waals surface area contributed by atoms with Gasteiger partial charge in [0, 0.05) is 56.3 Å². The van der Waals surface area contributed by atoms with Crippen molar-refractivity contribution in [1.29, 1.82) is 0 Å². The number of nitrogens with zero attached hydrogens (tertiary/aromatic N) is 5. The van der Waals surface area contributed by atoms with Crippen LogP contribution in [0.3, 0.4) is 0 Å². The van der Waals surface area contributed by atoms with Gasteiger partial charge in [0.1, 0.15) is 0 Å². The minimum Gasteiger partial charge on any atom is -0.493 e. The van der Waals surface area contributed by atoms with E-state index in [0.29, 0.717) is 88.2 Å². The molecule has 2 atom stereocenters. The number of carbonyl (C=O) groups is 3. The Balaban J connectivity index is 1.15. The van der Waals surface area contributed by atoms with Crippen molar-refractivity contribution >= 4 is 29.1 Å². The van der Waals surface area contributed by atoms with E-state index >= 15 is 0 Å². The Labute approximate surface area is 257 Å². The summed E-state index contributed by atoms with van der Waals surface area (Å²) in [6.45, 7) is 5.21. The second-order valence-electron chi connectivity index (χ2n) is 11.5. The molecule has 2 saturated heterocycles. The Hall–Kier alpha value is -4.22. The lowest BCUT2D eigenvalue weighted by molar-refractivity contribution is -0.136. The summed E-state index contributed by atoms with van der Waals surface area (Å²) in [5, 5.41) is 6.36. The highest BCUT2D eigenvalue weighted by molar-refractivity contribution is 6.11. The van der Waals surface area contributed by atoms with Crippen LogP contribution in [0.5, 0.6) is 11.5 Å². The van der Waals surface area contributed by atoms with Crippen LogP contribution in [0.2, 0.25) is 0 Å².